The van der Waals surface area contributed by atoms with Crippen LogP contribution in [0.15, 0.2) is 12.4 Å². The van der Waals surface area contributed by atoms with Gasteiger partial charge in [0, 0.05) is 19.2 Å². The molecule has 18 heavy (non-hydrogen) atoms. The van der Waals surface area contributed by atoms with E-state index < -0.39 is 0 Å². The van der Waals surface area contributed by atoms with Gasteiger partial charge in [-0.25, -0.2) is 9.97 Å². The molecule has 0 radical (unpaired) electrons. The highest BCUT2D eigenvalue weighted by molar-refractivity contribution is 5.49. The number of morpholine rings is 1. The minimum absolute atomic E-state index is 0.0207. The van der Waals surface area contributed by atoms with Gasteiger partial charge in [0.05, 0.1) is 25.9 Å². The molecule has 1 atom stereocenters. The number of hydrogen-bond acceptors (Lipinski definition) is 6. The van der Waals surface area contributed by atoms with Crippen LogP contribution in [0.3, 0.4) is 0 Å². The maximum Gasteiger partial charge on any atom is 0.134 e. The molecule has 2 N–H and O–H groups in total. The van der Waals surface area contributed by atoms with E-state index >= 15 is 0 Å². The average Bonchev–Trinajstić information content (AvgIpc) is 2.45. The molecule has 1 saturated heterocycles. The van der Waals surface area contributed by atoms with Crippen LogP contribution in [0.5, 0.6) is 0 Å². The number of nitrogens with one attached hydrogen (secondary N) is 1. The lowest BCUT2D eigenvalue weighted by Crippen LogP contribution is -2.48. The molecule has 1 aliphatic heterocycles. The Morgan fingerprint density at radius 2 is 2.44 bits per heavy atom. The van der Waals surface area contributed by atoms with Gasteiger partial charge in [0.25, 0.3) is 0 Å². The van der Waals surface area contributed by atoms with Gasteiger partial charge in [-0.1, -0.05) is 6.92 Å². The summed E-state index contributed by atoms with van der Waals surface area (Å²) in [5, 5.41) is 12.6. The predicted octanol–water partition coefficient (Wildman–Crippen LogP) is 0.496. The van der Waals surface area contributed by atoms with Crippen LogP contribution in [0.2, 0.25) is 0 Å². The van der Waals surface area contributed by atoms with Crippen LogP contribution in [0.25, 0.3) is 0 Å². The number of hydrogen-bond donors (Lipinski definition) is 2. The highest BCUT2D eigenvalue weighted by Gasteiger charge is 2.23. The number of aliphatic hydroxyl groups is 1. The van der Waals surface area contributed by atoms with Gasteiger partial charge in [-0.15, -0.1) is 0 Å². The highest BCUT2D eigenvalue weighted by atomic mass is 16.5. The molecule has 1 unspecified atom stereocenters. The minimum Gasteiger partial charge on any atom is -0.394 e. The van der Waals surface area contributed by atoms with E-state index in [1.54, 1.807) is 6.33 Å². The summed E-state index contributed by atoms with van der Waals surface area (Å²) in [6.45, 7) is 5.02. The third-order valence-corrected chi connectivity index (χ3v) is 2.94. The van der Waals surface area contributed by atoms with E-state index in [4.69, 9.17) is 4.74 Å². The van der Waals surface area contributed by atoms with Crippen LogP contribution in [0.1, 0.15) is 13.3 Å². The van der Waals surface area contributed by atoms with Gasteiger partial charge >= 0.3 is 0 Å². The molecule has 1 fully saturated rings. The van der Waals surface area contributed by atoms with Crippen molar-refractivity contribution in [3.05, 3.63) is 12.4 Å². The molecular formula is C12H20N4O2. The summed E-state index contributed by atoms with van der Waals surface area (Å²) in [4.78, 5) is 10.5. The molecule has 2 heterocycles. The fourth-order valence-electron chi connectivity index (χ4n) is 1.96. The lowest BCUT2D eigenvalue weighted by atomic mass is 10.2. The zero-order chi connectivity index (χ0) is 12.8. The van der Waals surface area contributed by atoms with Gasteiger partial charge in [-0.3, -0.25) is 0 Å². The van der Waals surface area contributed by atoms with Gasteiger partial charge < -0.3 is 20.1 Å². The highest BCUT2D eigenvalue weighted by Crippen LogP contribution is 2.19. The van der Waals surface area contributed by atoms with Crippen LogP contribution >= 0.6 is 0 Å². The molecule has 6 nitrogen and oxygen atoms in total. The van der Waals surface area contributed by atoms with Gasteiger partial charge in [0.15, 0.2) is 0 Å². The Morgan fingerprint density at radius 3 is 3.22 bits per heavy atom. The number of anilines is 2. The zero-order valence-electron chi connectivity index (χ0n) is 10.7. The Labute approximate surface area is 107 Å². The largest absolute Gasteiger partial charge is 0.394 e. The quantitative estimate of drug-likeness (QED) is 0.795. The second-order valence-corrected chi connectivity index (χ2v) is 4.29. The molecule has 6 heteroatoms. The third-order valence-electron chi connectivity index (χ3n) is 2.94. The first-order chi connectivity index (χ1) is 8.85. The average molecular weight is 252 g/mol. The van der Waals surface area contributed by atoms with E-state index in [2.05, 4.69) is 27.1 Å². The summed E-state index contributed by atoms with van der Waals surface area (Å²) in [5.41, 5.74) is 0. The van der Waals surface area contributed by atoms with Crippen molar-refractivity contribution >= 4 is 11.6 Å². The Kier molecular flexibility index (Phi) is 4.72. The van der Waals surface area contributed by atoms with E-state index in [1.807, 2.05) is 6.07 Å². The topological polar surface area (TPSA) is 70.5 Å². The maximum atomic E-state index is 9.35. The van der Waals surface area contributed by atoms with E-state index in [0.29, 0.717) is 13.2 Å². The summed E-state index contributed by atoms with van der Waals surface area (Å²) in [6, 6.07) is 1.90. The van der Waals surface area contributed by atoms with Gasteiger partial charge in [0.1, 0.15) is 18.0 Å². The van der Waals surface area contributed by atoms with Crippen molar-refractivity contribution in [3.8, 4) is 0 Å². The summed E-state index contributed by atoms with van der Waals surface area (Å²) < 4.78 is 5.36. The lowest BCUT2D eigenvalue weighted by Gasteiger charge is -2.35. The van der Waals surface area contributed by atoms with Crippen molar-refractivity contribution < 1.29 is 9.84 Å². The van der Waals surface area contributed by atoms with Crippen molar-refractivity contribution in [1.29, 1.82) is 0 Å². The van der Waals surface area contributed by atoms with Crippen LogP contribution < -0.4 is 10.2 Å². The molecule has 0 spiro atoms. The fraction of sp³-hybridized carbons (Fsp3) is 0.667. The van der Waals surface area contributed by atoms with Crippen molar-refractivity contribution in [2.75, 3.05) is 43.1 Å². The number of aliphatic hydroxyl groups excluding tert-OH is 1. The number of nitrogens with zero attached hydrogens (tertiary/aromatic N) is 3. The SMILES string of the molecule is CCCNc1cc(N2CCOCC2CO)ncn1. The van der Waals surface area contributed by atoms with Gasteiger partial charge in [-0.05, 0) is 6.42 Å². The molecule has 0 aromatic carbocycles. The van der Waals surface area contributed by atoms with E-state index in [1.165, 1.54) is 0 Å². The van der Waals surface area contributed by atoms with Crippen LogP contribution in [-0.4, -0.2) is 54.0 Å². The molecule has 0 aliphatic carbocycles. The van der Waals surface area contributed by atoms with Crippen LogP contribution in [-0.2, 0) is 4.74 Å². The van der Waals surface area contributed by atoms with Crippen LogP contribution in [0.4, 0.5) is 11.6 Å². The molecule has 0 amide bonds. The zero-order valence-corrected chi connectivity index (χ0v) is 10.7. The van der Waals surface area contributed by atoms with E-state index in [-0.39, 0.29) is 12.6 Å². The molecule has 0 bridgehead atoms. The smallest absolute Gasteiger partial charge is 0.134 e. The van der Waals surface area contributed by atoms with Crippen molar-refractivity contribution in [3.63, 3.8) is 0 Å². The number of ether oxygens (including phenoxy) is 1. The second kappa shape index (κ2) is 6.51. The molecule has 2 rings (SSSR count). The standard InChI is InChI=1S/C12H20N4O2/c1-2-3-13-11-6-12(15-9-14-11)16-4-5-18-8-10(16)7-17/h6,9-10,17H,2-5,7-8H2,1H3,(H,13,14,15). The van der Waals surface area contributed by atoms with E-state index in [0.717, 1.165) is 31.1 Å². The molecule has 0 saturated carbocycles. The first-order valence-electron chi connectivity index (χ1n) is 6.36. The summed E-state index contributed by atoms with van der Waals surface area (Å²) in [6.07, 6.45) is 2.60. The summed E-state index contributed by atoms with van der Waals surface area (Å²) >= 11 is 0. The van der Waals surface area contributed by atoms with Crippen molar-refractivity contribution in [2.24, 2.45) is 0 Å². The molecule has 1 aromatic rings. The van der Waals surface area contributed by atoms with E-state index in [9.17, 15) is 5.11 Å². The molecule has 1 aromatic heterocycles. The number of rotatable bonds is 5. The Hall–Kier alpha value is -1.40. The Balaban J connectivity index is 2.10. The molecular weight excluding hydrogens is 232 g/mol. The summed E-state index contributed by atoms with van der Waals surface area (Å²) in [7, 11) is 0. The van der Waals surface area contributed by atoms with Crippen molar-refractivity contribution in [1.82, 2.24) is 9.97 Å². The first-order valence-corrected chi connectivity index (χ1v) is 6.36. The summed E-state index contributed by atoms with van der Waals surface area (Å²) in [5.74, 6) is 1.66. The van der Waals surface area contributed by atoms with Gasteiger partial charge in [-0.2, -0.15) is 0 Å². The Morgan fingerprint density at radius 1 is 1.56 bits per heavy atom. The Bertz CT molecular complexity index is 375. The normalized spacial score (nSPS) is 19.9. The van der Waals surface area contributed by atoms with Crippen LogP contribution in [0, 0.1) is 0 Å². The van der Waals surface area contributed by atoms with Crippen molar-refractivity contribution in [2.45, 2.75) is 19.4 Å². The second-order valence-electron chi connectivity index (χ2n) is 4.29. The predicted molar refractivity (Wildman–Crippen MR) is 69.9 cm³/mol. The molecule has 100 valence electrons. The van der Waals surface area contributed by atoms with Gasteiger partial charge in [0.2, 0.25) is 0 Å². The lowest BCUT2D eigenvalue weighted by molar-refractivity contribution is 0.0723. The molecule has 1 aliphatic rings. The monoisotopic (exact) mass is 252 g/mol. The first kappa shape index (κ1) is 13.0. The minimum atomic E-state index is -0.0207. The number of aromatic nitrogens is 2. The third kappa shape index (κ3) is 3.08. The maximum absolute atomic E-state index is 9.35. The fourth-order valence-corrected chi connectivity index (χ4v) is 1.96.